The summed E-state index contributed by atoms with van der Waals surface area (Å²) in [5, 5.41) is 15.0. The normalized spacial score (nSPS) is 26.7. The van der Waals surface area contributed by atoms with Crippen LogP contribution >= 0.6 is 0 Å². The number of phenolic OH excluding ortho intramolecular Hbond substituents is 1. The van der Waals surface area contributed by atoms with E-state index in [0.717, 1.165) is 17.6 Å². The van der Waals surface area contributed by atoms with Crippen LogP contribution in [-0.2, 0) is 27.3 Å². The van der Waals surface area contributed by atoms with Gasteiger partial charge < -0.3 is 38.8 Å². The Morgan fingerprint density at radius 2 is 1.61 bits per heavy atom. The summed E-state index contributed by atoms with van der Waals surface area (Å²) in [6, 6.07) is 3.53. The van der Waals surface area contributed by atoms with Crippen LogP contribution in [-0.4, -0.2) is 66.3 Å². The van der Waals surface area contributed by atoms with Gasteiger partial charge in [-0.1, -0.05) is 35.5 Å². The number of aromatic hydroxyl groups is 1. The third-order valence-electron chi connectivity index (χ3n) is 12.7. The first-order valence-electron chi connectivity index (χ1n) is 20.4. The molecule has 59 heavy (non-hydrogen) atoms. The van der Waals surface area contributed by atoms with E-state index in [-0.39, 0.29) is 41.7 Å². The molecule has 1 spiro atoms. The van der Waals surface area contributed by atoms with E-state index >= 15 is 4.79 Å². The first-order valence-corrected chi connectivity index (χ1v) is 20.4. The zero-order chi connectivity index (χ0) is 42.8. The molecule has 314 valence electrons. The molecule has 4 bridgehead atoms. The van der Waals surface area contributed by atoms with Crippen LogP contribution in [0.3, 0.4) is 0 Å². The number of methoxy groups -OCH3 is 3. The maximum Gasteiger partial charge on any atom is 0.246 e. The highest BCUT2D eigenvalue weighted by molar-refractivity contribution is 6.19. The quantitative estimate of drug-likeness (QED) is 0.150. The lowest BCUT2D eigenvalue weighted by atomic mass is 9.51. The van der Waals surface area contributed by atoms with Crippen molar-refractivity contribution in [2.24, 2.45) is 11.8 Å². The average molecular weight is 808 g/mol. The molecule has 11 nitrogen and oxygen atoms in total. The SMILES string of the molecule is COc1cc(CNC(=O)C(C)=CCC23OC(C)(C)C4CC(C=C5C(=O)c6c(O)c7c(c(CC=C(C)C)c6OC542)OC(C)(CCC=C(C)C)C=C7)C3=O)cc(OC)c1OC. The summed E-state index contributed by atoms with van der Waals surface area (Å²) < 4.78 is 37.5. The largest absolute Gasteiger partial charge is 0.506 e. The van der Waals surface area contributed by atoms with E-state index in [1.54, 1.807) is 31.2 Å². The van der Waals surface area contributed by atoms with Crippen molar-refractivity contribution in [1.82, 2.24) is 5.32 Å². The number of benzene rings is 2. The van der Waals surface area contributed by atoms with Gasteiger partial charge in [-0.15, -0.1) is 0 Å². The van der Waals surface area contributed by atoms with Gasteiger partial charge in [0, 0.05) is 41.5 Å². The molecular weight excluding hydrogens is 751 g/mol. The molecule has 0 radical (unpaired) electrons. The van der Waals surface area contributed by atoms with Gasteiger partial charge >= 0.3 is 0 Å². The molecule has 1 saturated heterocycles. The number of fused-ring (bicyclic) bond motifs is 2. The zero-order valence-electron chi connectivity index (χ0n) is 36.1. The Morgan fingerprint density at radius 1 is 0.932 bits per heavy atom. The highest BCUT2D eigenvalue weighted by atomic mass is 16.6. The van der Waals surface area contributed by atoms with Gasteiger partial charge in [-0.3, -0.25) is 14.4 Å². The van der Waals surface area contributed by atoms with Crippen LogP contribution in [0.25, 0.3) is 6.08 Å². The van der Waals surface area contributed by atoms with E-state index in [9.17, 15) is 14.7 Å². The van der Waals surface area contributed by atoms with Gasteiger partial charge in [-0.05, 0) is 111 Å². The number of ether oxygens (including phenoxy) is 6. The smallest absolute Gasteiger partial charge is 0.246 e. The van der Waals surface area contributed by atoms with Crippen molar-refractivity contribution in [3.8, 4) is 34.5 Å². The lowest BCUT2D eigenvalue weighted by Crippen LogP contribution is -2.72. The molecule has 5 atom stereocenters. The van der Waals surface area contributed by atoms with Crippen LogP contribution in [0.4, 0.5) is 0 Å². The Bertz CT molecular complexity index is 2260. The molecule has 2 aromatic carbocycles. The average Bonchev–Trinajstić information content (AvgIpc) is 3.34. The number of phenols is 1. The summed E-state index contributed by atoms with van der Waals surface area (Å²) in [6.45, 7) is 15.9. The first-order chi connectivity index (χ1) is 27.9. The van der Waals surface area contributed by atoms with Gasteiger partial charge in [-0.2, -0.15) is 0 Å². The minimum Gasteiger partial charge on any atom is -0.506 e. The second kappa shape index (κ2) is 15.1. The van der Waals surface area contributed by atoms with Gasteiger partial charge in [0.25, 0.3) is 0 Å². The maximum atomic E-state index is 15.1. The second-order valence-corrected chi connectivity index (χ2v) is 17.7. The molecule has 1 amide bonds. The number of allylic oxidation sites excluding steroid dienone is 5. The Labute approximate surface area is 347 Å². The zero-order valence-corrected chi connectivity index (χ0v) is 36.1. The van der Waals surface area contributed by atoms with Crippen molar-refractivity contribution in [3.05, 3.63) is 87.1 Å². The minimum atomic E-state index is -1.64. The number of Topliss-reactive ketones (excluding diaryl/α,β-unsaturated/α-hetero) is 2. The van der Waals surface area contributed by atoms with Crippen molar-refractivity contribution in [2.75, 3.05) is 21.3 Å². The summed E-state index contributed by atoms with van der Waals surface area (Å²) in [5.74, 6) is -0.136. The highest BCUT2D eigenvalue weighted by Gasteiger charge is 2.81. The van der Waals surface area contributed by atoms with Crippen LogP contribution in [0.15, 0.2) is 64.8 Å². The summed E-state index contributed by atoms with van der Waals surface area (Å²) in [7, 11) is 4.58. The fourth-order valence-corrected chi connectivity index (χ4v) is 9.74. The molecule has 5 unspecified atom stereocenters. The molecule has 2 aromatic rings. The van der Waals surface area contributed by atoms with Crippen molar-refractivity contribution in [3.63, 3.8) is 0 Å². The summed E-state index contributed by atoms with van der Waals surface area (Å²) in [6.07, 6.45) is 13.7. The van der Waals surface area contributed by atoms with Crippen LogP contribution in [0.2, 0.25) is 0 Å². The topological polar surface area (TPSA) is 139 Å². The number of amides is 1. The number of rotatable bonds is 13. The number of hydrogen-bond donors (Lipinski definition) is 2. The molecule has 3 aliphatic heterocycles. The van der Waals surface area contributed by atoms with E-state index in [1.807, 2.05) is 52.8 Å². The van der Waals surface area contributed by atoms with E-state index < -0.39 is 40.0 Å². The molecular formula is C48H57NO10. The fraction of sp³-hybridized carbons (Fsp3) is 0.479. The summed E-state index contributed by atoms with van der Waals surface area (Å²) >= 11 is 0. The van der Waals surface area contributed by atoms with Crippen LogP contribution < -0.4 is 29.0 Å². The second-order valence-electron chi connectivity index (χ2n) is 17.7. The summed E-state index contributed by atoms with van der Waals surface area (Å²) in [5.41, 5.74) is 0.0166. The Hall–Kier alpha value is -5.29. The molecule has 8 rings (SSSR count). The molecule has 2 N–H and O–H groups in total. The Kier molecular flexibility index (Phi) is 10.7. The van der Waals surface area contributed by atoms with Crippen molar-refractivity contribution in [2.45, 2.75) is 116 Å². The van der Waals surface area contributed by atoms with Gasteiger partial charge in [0.05, 0.1) is 32.5 Å². The first kappa shape index (κ1) is 41.9. The van der Waals surface area contributed by atoms with Crippen LogP contribution in [0, 0.1) is 11.8 Å². The van der Waals surface area contributed by atoms with Gasteiger partial charge in [0.15, 0.2) is 34.3 Å². The van der Waals surface area contributed by atoms with Crippen molar-refractivity contribution >= 4 is 23.5 Å². The Morgan fingerprint density at radius 3 is 2.24 bits per heavy atom. The molecule has 1 saturated carbocycles. The van der Waals surface area contributed by atoms with Crippen molar-refractivity contribution in [1.29, 1.82) is 0 Å². The third kappa shape index (κ3) is 6.66. The number of carbonyl (C=O) groups is 3. The van der Waals surface area contributed by atoms with E-state index in [4.69, 9.17) is 28.4 Å². The number of hydrogen-bond acceptors (Lipinski definition) is 10. The lowest BCUT2D eigenvalue weighted by Gasteiger charge is -2.56. The minimum absolute atomic E-state index is 0.0203. The number of nitrogens with one attached hydrogen (secondary N) is 1. The molecule has 0 aromatic heterocycles. The van der Waals surface area contributed by atoms with E-state index in [2.05, 4.69) is 25.2 Å². The maximum absolute atomic E-state index is 15.1. The summed E-state index contributed by atoms with van der Waals surface area (Å²) in [4.78, 5) is 43.5. The molecule has 3 aliphatic carbocycles. The molecule has 11 heteroatoms. The predicted octanol–water partition coefficient (Wildman–Crippen LogP) is 8.50. The Balaban J connectivity index is 1.29. The lowest BCUT2D eigenvalue weighted by molar-refractivity contribution is -0.171. The van der Waals surface area contributed by atoms with Crippen molar-refractivity contribution < 1.29 is 47.9 Å². The van der Waals surface area contributed by atoms with Gasteiger partial charge in [0.2, 0.25) is 11.7 Å². The fourth-order valence-electron chi connectivity index (χ4n) is 9.74. The number of carbonyl (C=O) groups excluding carboxylic acids is 3. The highest BCUT2D eigenvalue weighted by Crippen LogP contribution is 2.68. The number of ketones is 2. The monoisotopic (exact) mass is 807 g/mol. The third-order valence-corrected chi connectivity index (χ3v) is 12.7. The van der Waals surface area contributed by atoms with E-state index in [1.165, 1.54) is 26.9 Å². The molecule has 3 heterocycles. The van der Waals surface area contributed by atoms with Crippen LogP contribution in [0.1, 0.15) is 108 Å². The van der Waals surface area contributed by atoms with Gasteiger partial charge in [0.1, 0.15) is 28.4 Å². The van der Waals surface area contributed by atoms with E-state index in [0.29, 0.717) is 64.5 Å². The standard InChI is InChI=1S/C48H57NO10/c1-26(2)13-12-18-46(8)19-17-31-38(50)37-39(51)33-23-30-24-36-45(6,7)59-47(43(30)52,48(33,36)58-41(37)32(40(31)57-46)15-14-27(3)4)20-16-28(5)44(53)49-25-29-21-34(54-9)42(56-11)35(22-29)55-10/h13-14,16-17,19,21-23,30,36,50H,12,15,18,20,24-25H2,1-11H3,(H,49,53). The molecule has 6 aliphatic rings. The van der Waals surface area contributed by atoms with Gasteiger partial charge in [-0.25, -0.2) is 0 Å². The predicted molar refractivity (Wildman–Crippen MR) is 225 cm³/mol. The molecule has 2 fully saturated rings. The van der Waals surface area contributed by atoms with Crippen LogP contribution in [0.5, 0.6) is 34.5 Å².